The number of thiophene rings is 1. The predicted octanol–water partition coefficient (Wildman–Crippen LogP) is 3.09. The number of benzene rings is 1. The highest BCUT2D eigenvalue weighted by Gasteiger charge is 2.21. The van der Waals surface area contributed by atoms with E-state index in [9.17, 15) is 5.11 Å². The first kappa shape index (κ1) is 20.9. The fraction of sp³-hybridized carbons (Fsp3) is 0.368. The number of nitrogens with two attached hydrogens (primary N) is 1. The van der Waals surface area contributed by atoms with Crippen molar-refractivity contribution in [2.24, 2.45) is 5.84 Å². The molecule has 9 heteroatoms. The van der Waals surface area contributed by atoms with E-state index in [1.54, 1.807) is 0 Å². The molecular formula is C19H24BrN5O2S. The predicted molar refractivity (Wildman–Crippen MR) is 117 cm³/mol. The molecule has 3 rings (SSSR count). The van der Waals surface area contributed by atoms with E-state index in [1.807, 2.05) is 11.3 Å². The molecule has 0 saturated heterocycles. The van der Waals surface area contributed by atoms with E-state index in [0.717, 1.165) is 6.42 Å². The van der Waals surface area contributed by atoms with Crippen molar-refractivity contribution in [1.82, 2.24) is 15.3 Å². The van der Waals surface area contributed by atoms with Gasteiger partial charge in [0.15, 0.2) is 0 Å². The van der Waals surface area contributed by atoms with Gasteiger partial charge in [-0.15, -0.1) is 11.3 Å². The highest BCUT2D eigenvalue weighted by Crippen LogP contribution is 2.28. The number of fused-ring (bicyclic) bond motifs is 1. The minimum Gasteiger partial charge on any atom is -0.474 e. The van der Waals surface area contributed by atoms with Crippen LogP contribution in [0.1, 0.15) is 18.7 Å². The summed E-state index contributed by atoms with van der Waals surface area (Å²) in [4.78, 5) is 9.38. The number of hydrogen-bond acceptors (Lipinski definition) is 8. The zero-order valence-electron chi connectivity index (χ0n) is 15.8. The summed E-state index contributed by atoms with van der Waals surface area (Å²) in [5.41, 5.74) is 2.20. The molecule has 0 fully saturated rings. The third-order valence-electron chi connectivity index (χ3n) is 4.16. The molecule has 0 amide bonds. The molecule has 1 unspecified atom stereocenters. The maximum atomic E-state index is 10.3. The van der Waals surface area contributed by atoms with Gasteiger partial charge in [0.2, 0.25) is 11.8 Å². The summed E-state index contributed by atoms with van der Waals surface area (Å²) in [6.45, 7) is 4.77. The number of hydrogen-bond donors (Lipinski definition) is 4. The Bertz CT molecular complexity index is 901. The van der Waals surface area contributed by atoms with Gasteiger partial charge in [-0.3, -0.25) is 5.43 Å². The number of nitrogen functional groups attached to an aromatic ring is 1. The standard InChI is InChI=1S/C19H24BrN5O2S/c1-19(2,8-14-7-12-5-3-4-6-16(12)28-14)23-9-13(26)11-27-17-15(20)10-22-18(24-17)25-21/h3-7,10,13,23,26H,8-9,11,21H2,1-2H3,(H,22,24,25). The molecule has 5 N–H and O–H groups in total. The number of nitrogens with one attached hydrogen (secondary N) is 2. The van der Waals surface area contributed by atoms with Crippen LogP contribution in [0, 0.1) is 0 Å². The molecular weight excluding hydrogens is 442 g/mol. The van der Waals surface area contributed by atoms with Gasteiger partial charge in [-0.1, -0.05) is 18.2 Å². The number of aliphatic hydroxyl groups is 1. The molecule has 1 aromatic carbocycles. The van der Waals surface area contributed by atoms with E-state index < -0.39 is 6.10 Å². The van der Waals surface area contributed by atoms with Gasteiger partial charge < -0.3 is 15.2 Å². The second-order valence-corrected chi connectivity index (χ2v) is 9.17. The lowest BCUT2D eigenvalue weighted by Crippen LogP contribution is -2.46. The van der Waals surface area contributed by atoms with Crippen LogP contribution in [0.25, 0.3) is 10.1 Å². The SMILES string of the molecule is CC(C)(Cc1cc2ccccc2s1)NCC(O)COc1nc(NN)ncc1Br. The summed E-state index contributed by atoms with van der Waals surface area (Å²) >= 11 is 5.13. The Kier molecular flexibility index (Phi) is 6.84. The summed E-state index contributed by atoms with van der Waals surface area (Å²) in [6, 6.07) is 10.6. The van der Waals surface area contributed by atoms with Crippen molar-refractivity contribution in [2.75, 3.05) is 18.6 Å². The number of nitrogens with zero attached hydrogens (tertiary/aromatic N) is 2. The number of aliphatic hydroxyl groups excluding tert-OH is 1. The van der Waals surface area contributed by atoms with E-state index in [4.69, 9.17) is 10.6 Å². The molecule has 7 nitrogen and oxygen atoms in total. The maximum absolute atomic E-state index is 10.3. The van der Waals surface area contributed by atoms with Crippen LogP contribution in [-0.2, 0) is 6.42 Å². The third kappa shape index (κ3) is 5.62. The molecule has 0 radical (unpaired) electrons. The van der Waals surface area contributed by atoms with Crippen molar-refractivity contribution in [3.8, 4) is 5.88 Å². The van der Waals surface area contributed by atoms with Gasteiger partial charge in [0.05, 0.1) is 10.7 Å². The first-order chi connectivity index (χ1) is 13.4. The van der Waals surface area contributed by atoms with Crippen molar-refractivity contribution in [3.63, 3.8) is 0 Å². The molecule has 2 heterocycles. The quantitative estimate of drug-likeness (QED) is 0.284. The average molecular weight is 466 g/mol. The Morgan fingerprint density at radius 1 is 1.36 bits per heavy atom. The molecule has 0 saturated carbocycles. The number of ether oxygens (including phenoxy) is 1. The van der Waals surface area contributed by atoms with Gasteiger partial charge in [0.25, 0.3) is 0 Å². The second kappa shape index (κ2) is 9.15. The first-order valence-electron chi connectivity index (χ1n) is 8.89. The highest BCUT2D eigenvalue weighted by atomic mass is 79.9. The van der Waals surface area contributed by atoms with Crippen molar-refractivity contribution in [3.05, 3.63) is 45.9 Å². The molecule has 0 aliphatic heterocycles. The van der Waals surface area contributed by atoms with Gasteiger partial charge >= 0.3 is 0 Å². The van der Waals surface area contributed by atoms with Crippen LogP contribution in [0.2, 0.25) is 0 Å². The van der Waals surface area contributed by atoms with E-state index in [2.05, 4.69) is 80.8 Å². The Labute approximate surface area is 176 Å². The third-order valence-corrected chi connectivity index (χ3v) is 5.82. The molecule has 0 aliphatic carbocycles. The Morgan fingerprint density at radius 3 is 2.89 bits per heavy atom. The highest BCUT2D eigenvalue weighted by molar-refractivity contribution is 9.10. The van der Waals surface area contributed by atoms with Crippen LogP contribution in [0.4, 0.5) is 5.95 Å². The van der Waals surface area contributed by atoms with E-state index in [-0.39, 0.29) is 18.1 Å². The van der Waals surface area contributed by atoms with Gasteiger partial charge in [0, 0.05) is 21.7 Å². The van der Waals surface area contributed by atoms with Crippen molar-refractivity contribution in [2.45, 2.75) is 31.9 Å². The first-order valence-corrected chi connectivity index (χ1v) is 10.5. The van der Waals surface area contributed by atoms with Gasteiger partial charge in [-0.05, 0) is 53.7 Å². The monoisotopic (exact) mass is 465 g/mol. The van der Waals surface area contributed by atoms with Crippen LogP contribution in [-0.4, -0.2) is 39.9 Å². The lowest BCUT2D eigenvalue weighted by atomic mass is 9.99. The van der Waals surface area contributed by atoms with Gasteiger partial charge in [-0.2, -0.15) is 4.98 Å². The number of rotatable bonds is 9. The summed E-state index contributed by atoms with van der Waals surface area (Å²) in [5.74, 6) is 5.87. The number of anilines is 1. The molecule has 150 valence electrons. The van der Waals surface area contributed by atoms with Gasteiger partial charge in [-0.25, -0.2) is 10.8 Å². The fourth-order valence-corrected chi connectivity index (χ4v) is 4.37. The smallest absolute Gasteiger partial charge is 0.240 e. The maximum Gasteiger partial charge on any atom is 0.240 e. The zero-order chi connectivity index (χ0) is 20.1. The number of aromatic nitrogens is 2. The molecule has 28 heavy (non-hydrogen) atoms. The zero-order valence-corrected chi connectivity index (χ0v) is 18.2. The van der Waals surface area contributed by atoms with Crippen LogP contribution >= 0.6 is 27.3 Å². The van der Waals surface area contributed by atoms with E-state index in [0.29, 0.717) is 16.9 Å². The summed E-state index contributed by atoms with van der Waals surface area (Å²) < 4.78 is 7.47. The van der Waals surface area contributed by atoms with Crippen LogP contribution < -0.4 is 21.3 Å². The minimum absolute atomic E-state index is 0.103. The van der Waals surface area contributed by atoms with Crippen LogP contribution in [0.15, 0.2) is 41.0 Å². The second-order valence-electron chi connectivity index (χ2n) is 7.15. The van der Waals surface area contributed by atoms with E-state index >= 15 is 0 Å². The summed E-state index contributed by atoms with van der Waals surface area (Å²) in [5, 5.41) is 15.0. The topological polar surface area (TPSA) is 105 Å². The van der Waals surface area contributed by atoms with Crippen molar-refractivity contribution >= 4 is 43.3 Å². The largest absolute Gasteiger partial charge is 0.474 e. The summed E-state index contributed by atoms with van der Waals surface area (Å²) in [6.07, 6.45) is 1.73. The lowest BCUT2D eigenvalue weighted by Gasteiger charge is -2.27. The summed E-state index contributed by atoms with van der Waals surface area (Å²) in [7, 11) is 0. The molecule has 0 bridgehead atoms. The van der Waals surface area contributed by atoms with Crippen molar-refractivity contribution in [1.29, 1.82) is 0 Å². The molecule has 2 aromatic heterocycles. The Hall–Kier alpha value is -1.78. The molecule has 0 aliphatic rings. The molecule has 3 aromatic rings. The minimum atomic E-state index is -0.683. The number of β-amino-alcohol motifs (C(OH)–C–C–N with tert-alkyl or cyclic N) is 1. The van der Waals surface area contributed by atoms with E-state index in [1.165, 1.54) is 21.2 Å². The van der Waals surface area contributed by atoms with Crippen molar-refractivity contribution < 1.29 is 9.84 Å². The Morgan fingerprint density at radius 2 is 2.14 bits per heavy atom. The normalized spacial score (nSPS) is 12.9. The molecule has 1 atom stereocenters. The number of halogens is 1. The fourth-order valence-electron chi connectivity index (χ4n) is 2.77. The lowest BCUT2D eigenvalue weighted by molar-refractivity contribution is 0.0962. The van der Waals surface area contributed by atoms with Gasteiger partial charge in [0.1, 0.15) is 12.7 Å². The van der Waals surface area contributed by atoms with Crippen LogP contribution in [0.5, 0.6) is 5.88 Å². The average Bonchev–Trinajstić information content (AvgIpc) is 3.07. The number of hydrazine groups is 1. The Balaban J connectivity index is 1.50. The van der Waals surface area contributed by atoms with Crippen LogP contribution in [0.3, 0.4) is 0 Å². The molecule has 0 spiro atoms.